The number of benzene rings is 1. The van der Waals surface area contributed by atoms with Crippen molar-refractivity contribution in [1.82, 2.24) is 4.98 Å². The van der Waals surface area contributed by atoms with Crippen LogP contribution in [0.2, 0.25) is 5.15 Å². The Morgan fingerprint density at radius 1 is 1.20 bits per heavy atom. The molecule has 1 aromatic heterocycles. The van der Waals surface area contributed by atoms with Crippen molar-refractivity contribution in [2.24, 2.45) is 0 Å². The van der Waals surface area contributed by atoms with Gasteiger partial charge < -0.3 is 0 Å². The third-order valence-corrected chi connectivity index (χ3v) is 5.24. The molecule has 0 fully saturated rings. The lowest BCUT2D eigenvalue weighted by Gasteiger charge is -2.12. The number of anilines is 1. The fraction of sp³-hybridized carbons (Fsp3) is 0.0833. The Bertz CT molecular complexity index is 743. The normalized spacial score (nSPS) is 11.4. The van der Waals surface area contributed by atoms with Gasteiger partial charge in [-0.05, 0) is 68.6 Å². The van der Waals surface area contributed by atoms with Crippen LogP contribution in [0.5, 0.6) is 0 Å². The van der Waals surface area contributed by atoms with Crippen LogP contribution in [0.1, 0.15) is 5.56 Å². The Morgan fingerprint density at radius 3 is 2.35 bits per heavy atom. The third kappa shape index (κ3) is 3.52. The van der Waals surface area contributed by atoms with Crippen molar-refractivity contribution < 1.29 is 8.42 Å². The van der Waals surface area contributed by atoms with Crippen LogP contribution in [0.3, 0.4) is 0 Å². The summed E-state index contributed by atoms with van der Waals surface area (Å²) >= 11 is 12.4. The third-order valence-electron chi connectivity index (χ3n) is 2.43. The second kappa shape index (κ2) is 6.01. The van der Waals surface area contributed by atoms with E-state index in [1.54, 1.807) is 0 Å². The molecular formula is C12H9Br2ClN2O2S. The molecule has 2 aromatic rings. The lowest BCUT2D eigenvalue weighted by Crippen LogP contribution is -2.14. The maximum absolute atomic E-state index is 12.3. The van der Waals surface area contributed by atoms with Crippen molar-refractivity contribution in [2.45, 2.75) is 11.8 Å². The zero-order valence-corrected chi connectivity index (χ0v) is 14.9. The summed E-state index contributed by atoms with van der Waals surface area (Å²) in [4.78, 5) is 3.81. The molecule has 0 unspecified atom stereocenters. The van der Waals surface area contributed by atoms with E-state index in [1.807, 2.05) is 19.1 Å². The first-order valence-electron chi connectivity index (χ1n) is 5.39. The van der Waals surface area contributed by atoms with Crippen LogP contribution < -0.4 is 4.72 Å². The van der Waals surface area contributed by atoms with Gasteiger partial charge in [0.25, 0.3) is 10.0 Å². The molecule has 1 heterocycles. The van der Waals surface area contributed by atoms with Gasteiger partial charge in [-0.2, -0.15) is 0 Å². The molecule has 1 aromatic carbocycles. The average Bonchev–Trinajstić information content (AvgIpc) is 2.34. The van der Waals surface area contributed by atoms with Gasteiger partial charge in [0, 0.05) is 15.1 Å². The van der Waals surface area contributed by atoms with Gasteiger partial charge in [-0.15, -0.1) is 0 Å². The highest BCUT2D eigenvalue weighted by molar-refractivity contribution is 9.11. The van der Waals surface area contributed by atoms with Gasteiger partial charge >= 0.3 is 0 Å². The minimum absolute atomic E-state index is 0.0527. The molecule has 0 radical (unpaired) electrons. The molecule has 0 saturated carbocycles. The maximum atomic E-state index is 12.3. The Hall–Kier alpha value is -0.630. The van der Waals surface area contributed by atoms with Crippen molar-refractivity contribution in [2.75, 3.05) is 4.72 Å². The monoisotopic (exact) mass is 438 g/mol. The highest BCUT2D eigenvalue weighted by Gasteiger charge is 2.18. The van der Waals surface area contributed by atoms with E-state index in [0.717, 1.165) is 5.56 Å². The molecule has 0 saturated heterocycles. The van der Waals surface area contributed by atoms with Crippen LogP contribution in [0.25, 0.3) is 0 Å². The zero-order valence-electron chi connectivity index (χ0n) is 10.2. The Morgan fingerprint density at radius 2 is 1.80 bits per heavy atom. The Labute approximate surface area is 138 Å². The fourth-order valence-electron chi connectivity index (χ4n) is 1.54. The number of rotatable bonds is 3. The van der Waals surface area contributed by atoms with Crippen molar-refractivity contribution >= 4 is 59.2 Å². The first kappa shape index (κ1) is 15.8. The van der Waals surface area contributed by atoms with E-state index in [1.165, 1.54) is 18.3 Å². The number of sulfonamides is 1. The average molecular weight is 441 g/mol. The van der Waals surface area contributed by atoms with E-state index in [-0.39, 0.29) is 10.0 Å². The number of nitrogens with zero attached hydrogens (tertiary/aromatic N) is 1. The molecule has 4 nitrogen and oxygen atoms in total. The SMILES string of the molecule is Cc1cc(Br)c(NS(=O)(=O)c2ccnc(Cl)c2)c(Br)c1. The summed E-state index contributed by atoms with van der Waals surface area (Å²) in [6, 6.07) is 6.31. The van der Waals surface area contributed by atoms with Crippen LogP contribution in [0.4, 0.5) is 5.69 Å². The standard InChI is InChI=1S/C12H9Br2ClN2O2S/c1-7-4-9(13)12(10(14)5-7)17-20(18,19)8-2-3-16-11(15)6-8/h2-6,17H,1H3. The molecule has 0 aliphatic heterocycles. The highest BCUT2D eigenvalue weighted by Crippen LogP contribution is 2.34. The summed E-state index contributed by atoms with van der Waals surface area (Å²) in [6.45, 7) is 1.91. The molecule has 0 amide bonds. The van der Waals surface area contributed by atoms with Gasteiger partial charge in [0.05, 0.1) is 10.6 Å². The molecule has 8 heteroatoms. The second-order valence-electron chi connectivity index (χ2n) is 4.02. The minimum atomic E-state index is -3.73. The van der Waals surface area contributed by atoms with E-state index < -0.39 is 10.0 Å². The van der Waals surface area contributed by atoms with Crippen LogP contribution in [-0.4, -0.2) is 13.4 Å². The molecular weight excluding hydrogens is 431 g/mol. The molecule has 0 aliphatic rings. The first-order chi connectivity index (χ1) is 9.29. The summed E-state index contributed by atoms with van der Waals surface area (Å²) in [5.41, 5.74) is 1.43. The van der Waals surface area contributed by atoms with Crippen LogP contribution in [0, 0.1) is 6.92 Å². The molecule has 0 bridgehead atoms. The molecule has 2 rings (SSSR count). The zero-order chi connectivity index (χ0) is 14.9. The second-order valence-corrected chi connectivity index (χ2v) is 7.80. The quantitative estimate of drug-likeness (QED) is 0.721. The van der Waals surface area contributed by atoms with E-state index in [4.69, 9.17) is 11.6 Å². The smallest absolute Gasteiger partial charge is 0.262 e. The van der Waals surface area contributed by atoms with Gasteiger partial charge in [-0.25, -0.2) is 13.4 Å². The molecule has 0 spiro atoms. The van der Waals surface area contributed by atoms with Crippen LogP contribution in [0.15, 0.2) is 44.3 Å². The van der Waals surface area contributed by atoms with Crippen molar-refractivity contribution in [3.8, 4) is 0 Å². The number of nitrogens with one attached hydrogen (secondary N) is 1. The Kier molecular flexibility index (Phi) is 4.73. The summed E-state index contributed by atoms with van der Waals surface area (Å²) in [6.07, 6.45) is 1.34. The summed E-state index contributed by atoms with van der Waals surface area (Å²) < 4.78 is 28.4. The Balaban J connectivity index is 2.44. The number of halogens is 3. The van der Waals surface area contributed by atoms with Crippen LogP contribution in [-0.2, 0) is 10.0 Å². The maximum Gasteiger partial charge on any atom is 0.262 e. The molecule has 0 atom stereocenters. The summed E-state index contributed by atoms with van der Waals surface area (Å²) in [5, 5.41) is 0.120. The topological polar surface area (TPSA) is 59.1 Å². The number of aryl methyl sites for hydroxylation is 1. The number of pyridine rings is 1. The van der Waals surface area contributed by atoms with E-state index in [0.29, 0.717) is 14.6 Å². The van der Waals surface area contributed by atoms with Gasteiger partial charge in [-0.3, -0.25) is 4.72 Å². The molecule has 106 valence electrons. The largest absolute Gasteiger partial charge is 0.277 e. The predicted octanol–water partition coefficient (Wildman–Crippen LogP) is 4.37. The van der Waals surface area contributed by atoms with Gasteiger partial charge in [-0.1, -0.05) is 11.6 Å². The first-order valence-corrected chi connectivity index (χ1v) is 8.84. The predicted molar refractivity (Wildman–Crippen MR) is 86.6 cm³/mol. The minimum Gasteiger partial charge on any atom is -0.277 e. The van der Waals surface area contributed by atoms with E-state index >= 15 is 0 Å². The molecule has 0 aliphatic carbocycles. The summed E-state index contributed by atoms with van der Waals surface area (Å²) in [5.74, 6) is 0. The molecule has 1 N–H and O–H groups in total. The lowest BCUT2D eigenvalue weighted by molar-refractivity contribution is 0.601. The van der Waals surface area contributed by atoms with E-state index in [2.05, 4.69) is 41.6 Å². The van der Waals surface area contributed by atoms with Crippen molar-refractivity contribution in [3.05, 3.63) is 50.1 Å². The van der Waals surface area contributed by atoms with Gasteiger partial charge in [0.15, 0.2) is 0 Å². The van der Waals surface area contributed by atoms with Crippen molar-refractivity contribution in [1.29, 1.82) is 0 Å². The summed E-state index contributed by atoms with van der Waals surface area (Å²) in [7, 11) is -3.73. The number of aromatic nitrogens is 1. The molecule has 20 heavy (non-hydrogen) atoms. The lowest BCUT2D eigenvalue weighted by atomic mass is 10.2. The highest BCUT2D eigenvalue weighted by atomic mass is 79.9. The van der Waals surface area contributed by atoms with Gasteiger partial charge in [0.2, 0.25) is 0 Å². The van der Waals surface area contributed by atoms with Crippen LogP contribution >= 0.6 is 43.5 Å². The van der Waals surface area contributed by atoms with Gasteiger partial charge in [0.1, 0.15) is 5.15 Å². The van der Waals surface area contributed by atoms with E-state index in [9.17, 15) is 8.42 Å². The number of hydrogen-bond acceptors (Lipinski definition) is 3. The van der Waals surface area contributed by atoms with Crippen molar-refractivity contribution in [3.63, 3.8) is 0 Å². The number of hydrogen-bond donors (Lipinski definition) is 1. The fourth-order valence-corrected chi connectivity index (χ4v) is 4.77.